The van der Waals surface area contributed by atoms with Gasteiger partial charge in [0.2, 0.25) is 0 Å². The largest absolute Gasteiger partial charge is 0.508 e. The van der Waals surface area contributed by atoms with Gasteiger partial charge in [-0.2, -0.15) is 0 Å². The second-order valence-corrected chi connectivity index (χ2v) is 18.2. The summed E-state index contributed by atoms with van der Waals surface area (Å²) in [6.07, 6.45) is -10.5. The number of benzene rings is 7. The van der Waals surface area contributed by atoms with Crippen molar-refractivity contribution in [1.29, 1.82) is 0 Å². The Morgan fingerprint density at radius 1 is 0.459 bits per heavy atom. The van der Waals surface area contributed by atoms with Crippen LogP contribution in [0.25, 0.3) is 0 Å². The number of rotatable bonds is 7. The minimum absolute atomic E-state index is 0.0441. The molecule has 0 saturated carbocycles. The van der Waals surface area contributed by atoms with E-state index in [9.17, 15) is 86.5 Å². The molecule has 3 aliphatic heterocycles. The lowest BCUT2D eigenvalue weighted by atomic mass is 9.73. The number of aliphatic hydroxyl groups excluding tert-OH is 2. The van der Waals surface area contributed by atoms with E-state index >= 15 is 0 Å². The Kier molecular flexibility index (Phi) is 11.5. The van der Waals surface area contributed by atoms with E-state index in [-0.39, 0.29) is 50.6 Å². The molecule has 382 valence electrons. The highest BCUT2D eigenvalue weighted by Gasteiger charge is 2.51. The first-order valence-electron chi connectivity index (χ1n) is 22.5. The maximum Gasteiger partial charge on any atom is 0.338 e. The van der Waals surface area contributed by atoms with Gasteiger partial charge in [0, 0.05) is 58.5 Å². The fraction of sp³-hybridized carbons (Fsp3) is 0.189. The number of ether oxygens (including phenoxy) is 4. The number of esters is 1. The van der Waals surface area contributed by atoms with Gasteiger partial charge >= 0.3 is 5.97 Å². The molecule has 7 aromatic rings. The lowest BCUT2D eigenvalue weighted by Gasteiger charge is -2.43. The summed E-state index contributed by atoms with van der Waals surface area (Å²) in [6.45, 7) is 1.60. The van der Waals surface area contributed by atoms with E-state index in [0.29, 0.717) is 5.56 Å². The molecule has 3 aliphatic rings. The molecule has 0 aromatic heterocycles. The maximum atomic E-state index is 13.7. The molecule has 3 heterocycles. The summed E-state index contributed by atoms with van der Waals surface area (Å²) in [4.78, 5) is 13.7. The van der Waals surface area contributed by atoms with Crippen molar-refractivity contribution in [3.05, 3.63) is 147 Å². The molecular formula is C53H44O21. The van der Waals surface area contributed by atoms with Gasteiger partial charge in [-0.25, -0.2) is 4.79 Å². The van der Waals surface area contributed by atoms with Crippen LogP contribution in [0.4, 0.5) is 0 Å². The number of aromatic hydroxyl groups is 14. The van der Waals surface area contributed by atoms with Crippen LogP contribution < -0.4 is 14.2 Å². The molecule has 21 heteroatoms. The van der Waals surface area contributed by atoms with Gasteiger partial charge in [-0.1, -0.05) is 24.3 Å². The van der Waals surface area contributed by atoms with E-state index in [2.05, 4.69) is 0 Å². The monoisotopic (exact) mass is 1020 g/mol. The Hall–Kier alpha value is -9.47. The van der Waals surface area contributed by atoms with Crippen molar-refractivity contribution >= 4 is 5.97 Å². The highest BCUT2D eigenvalue weighted by atomic mass is 16.6. The first-order valence-corrected chi connectivity index (χ1v) is 22.5. The molecule has 0 spiro atoms. The van der Waals surface area contributed by atoms with E-state index in [1.54, 1.807) is 6.92 Å². The number of fused-ring (bicyclic) bond motifs is 3. The lowest BCUT2D eigenvalue weighted by molar-refractivity contribution is -0.0213. The summed E-state index contributed by atoms with van der Waals surface area (Å²) in [5, 5.41) is 178. The fourth-order valence-electron chi connectivity index (χ4n) is 10.0. The van der Waals surface area contributed by atoms with Crippen LogP contribution in [0.2, 0.25) is 0 Å². The van der Waals surface area contributed by atoms with Crippen molar-refractivity contribution in [3.8, 4) is 97.7 Å². The predicted octanol–water partition coefficient (Wildman–Crippen LogP) is 6.03. The van der Waals surface area contributed by atoms with Crippen molar-refractivity contribution in [3.63, 3.8) is 0 Å². The summed E-state index contributed by atoms with van der Waals surface area (Å²) < 4.78 is 25.2. The van der Waals surface area contributed by atoms with Crippen LogP contribution in [0.15, 0.2) is 91.0 Å². The molecule has 0 bridgehead atoms. The molecule has 0 radical (unpaired) electrons. The van der Waals surface area contributed by atoms with Crippen LogP contribution in [-0.4, -0.2) is 106 Å². The van der Waals surface area contributed by atoms with Crippen molar-refractivity contribution in [2.75, 3.05) is 0 Å². The normalized spacial score (nSPS) is 21.7. The molecule has 0 fully saturated rings. The SMILES string of the molecule is Cc1ccc(C2Oc3c(c(O)cc(O)c3C3c4c(O)cc(O)c(C5c6c(O)cc(O)cc6OC(c6ccc(O)c(O)c6)C5O)c4OC(c4ccc(O)c(O)c4)C3O)CC2OC(=O)c2cc(O)c(O)c(O)c2)cc1O. The minimum atomic E-state index is -1.99. The molecule has 16 N–H and O–H groups in total. The van der Waals surface area contributed by atoms with Crippen molar-refractivity contribution in [2.45, 2.75) is 61.8 Å². The van der Waals surface area contributed by atoms with E-state index in [0.717, 1.165) is 60.7 Å². The van der Waals surface area contributed by atoms with Crippen LogP contribution in [0.1, 0.15) is 90.6 Å². The first kappa shape index (κ1) is 48.2. The molecule has 8 unspecified atom stereocenters. The Morgan fingerprint density at radius 3 is 1.50 bits per heavy atom. The van der Waals surface area contributed by atoms with Gasteiger partial charge in [-0.3, -0.25) is 0 Å². The van der Waals surface area contributed by atoms with Crippen molar-refractivity contribution < 1.29 is 105 Å². The molecule has 10 rings (SSSR count). The average Bonchev–Trinajstić information content (AvgIpc) is 3.34. The van der Waals surface area contributed by atoms with Gasteiger partial charge in [0.25, 0.3) is 0 Å². The zero-order valence-corrected chi connectivity index (χ0v) is 38.2. The number of hydrogen-bond donors (Lipinski definition) is 16. The topological polar surface area (TPSA) is 378 Å². The van der Waals surface area contributed by atoms with Crippen molar-refractivity contribution in [1.82, 2.24) is 0 Å². The molecule has 74 heavy (non-hydrogen) atoms. The molecule has 0 amide bonds. The Balaban J connectivity index is 1.20. The molecule has 0 aliphatic carbocycles. The smallest absolute Gasteiger partial charge is 0.338 e. The third kappa shape index (κ3) is 7.86. The van der Waals surface area contributed by atoms with Crippen LogP contribution in [-0.2, 0) is 11.2 Å². The Labute approximate surface area is 416 Å². The lowest BCUT2D eigenvalue weighted by Crippen LogP contribution is -2.39. The van der Waals surface area contributed by atoms with Crippen LogP contribution in [0.5, 0.6) is 97.7 Å². The zero-order chi connectivity index (χ0) is 52.9. The third-order valence-corrected chi connectivity index (χ3v) is 13.6. The van der Waals surface area contributed by atoms with Gasteiger partial charge in [-0.15, -0.1) is 0 Å². The predicted molar refractivity (Wildman–Crippen MR) is 252 cm³/mol. The summed E-state index contributed by atoms with van der Waals surface area (Å²) in [6, 6.07) is 16.5. The van der Waals surface area contributed by atoms with E-state index < -0.39 is 158 Å². The maximum absolute atomic E-state index is 13.7. The minimum Gasteiger partial charge on any atom is -0.508 e. The quantitative estimate of drug-likeness (QED) is 0.0640. The Morgan fingerprint density at radius 2 is 0.932 bits per heavy atom. The van der Waals surface area contributed by atoms with E-state index in [1.807, 2.05) is 0 Å². The molecule has 21 nitrogen and oxygen atoms in total. The number of carbonyl (C=O) groups excluding carboxylic acids is 1. The van der Waals surface area contributed by atoms with Crippen LogP contribution in [0.3, 0.4) is 0 Å². The zero-order valence-electron chi connectivity index (χ0n) is 38.2. The molecular weight excluding hydrogens is 973 g/mol. The third-order valence-electron chi connectivity index (χ3n) is 13.6. The molecule has 0 saturated heterocycles. The van der Waals surface area contributed by atoms with Gasteiger partial charge in [-0.05, 0) is 71.6 Å². The number of aliphatic hydroxyl groups is 2. The number of aryl methyl sites for hydroxylation is 1. The summed E-state index contributed by atoms with van der Waals surface area (Å²) >= 11 is 0. The number of carbonyl (C=O) groups is 1. The molecule has 8 atom stereocenters. The number of hydrogen-bond acceptors (Lipinski definition) is 21. The van der Waals surface area contributed by atoms with Gasteiger partial charge < -0.3 is 101 Å². The first-order chi connectivity index (χ1) is 35.1. The van der Waals surface area contributed by atoms with Gasteiger partial charge in [0.05, 0.1) is 17.4 Å². The highest BCUT2D eigenvalue weighted by molar-refractivity contribution is 5.91. The van der Waals surface area contributed by atoms with Gasteiger partial charge in [0.1, 0.15) is 75.8 Å². The van der Waals surface area contributed by atoms with Crippen molar-refractivity contribution in [2.24, 2.45) is 0 Å². The second-order valence-electron chi connectivity index (χ2n) is 18.2. The summed E-state index contributed by atoms with van der Waals surface area (Å²) in [5.74, 6) is -15.3. The van der Waals surface area contributed by atoms with Crippen LogP contribution >= 0.6 is 0 Å². The highest BCUT2D eigenvalue weighted by Crippen LogP contribution is 2.62. The van der Waals surface area contributed by atoms with E-state index in [1.165, 1.54) is 30.3 Å². The summed E-state index contributed by atoms with van der Waals surface area (Å²) in [5.41, 5.74) is -1.51. The average molecular weight is 1020 g/mol. The summed E-state index contributed by atoms with van der Waals surface area (Å²) in [7, 11) is 0. The second kappa shape index (κ2) is 17.7. The molecule has 7 aromatic carbocycles. The number of phenols is 14. The number of phenolic OH excluding ortho intramolecular Hbond substituents is 14. The fourth-order valence-corrected chi connectivity index (χ4v) is 10.0. The van der Waals surface area contributed by atoms with Gasteiger partial charge in [0.15, 0.2) is 58.6 Å². The Bertz CT molecular complexity index is 3440. The van der Waals surface area contributed by atoms with Crippen LogP contribution in [0, 0.1) is 6.92 Å². The standard InChI is InChI=1S/C53H44O21/c1-18-2-3-19(8-27(18)57)48-38(72-53(70)22-11-35(65)45(67)36(66)12-22)15-24-28(58)16-32(62)40(51(24)73-48)44-42-34(64)17-33(63)41(52(42)74-50(47(44)69)21-5-7-26(56)30(60)10-21)43-39-31(61)13-23(54)14-37(39)71-49(46(43)68)20-4-6-25(55)29(59)9-20/h2-14,16-17,38,43-44,46-50,54-69H,15H2,1H3. The van der Waals surface area contributed by atoms with E-state index in [4.69, 9.17) is 18.9 Å².